The van der Waals surface area contributed by atoms with E-state index in [-0.39, 0.29) is 0 Å². The molecule has 0 N–H and O–H groups in total. The predicted molar refractivity (Wildman–Crippen MR) is 99.6 cm³/mol. The van der Waals surface area contributed by atoms with Crippen molar-refractivity contribution in [1.29, 1.82) is 0 Å². The Morgan fingerprint density at radius 2 is 1.69 bits per heavy atom. The third-order valence-corrected chi connectivity index (χ3v) is 4.52. The molecule has 5 aromatic rings. The summed E-state index contributed by atoms with van der Waals surface area (Å²) in [6.07, 6.45) is 5.51. The molecule has 0 unspecified atom stereocenters. The van der Waals surface area contributed by atoms with Gasteiger partial charge in [0.25, 0.3) is 0 Å². The molecule has 3 aromatic heterocycles. The van der Waals surface area contributed by atoms with Crippen molar-refractivity contribution >= 4 is 16.7 Å². The van der Waals surface area contributed by atoms with Gasteiger partial charge in [-0.05, 0) is 29.8 Å². The van der Waals surface area contributed by atoms with Crippen LogP contribution in [0.5, 0.6) is 5.75 Å². The number of aromatic nitrogens is 5. The Balaban J connectivity index is 1.84. The van der Waals surface area contributed by atoms with E-state index in [2.05, 4.69) is 38.1 Å². The van der Waals surface area contributed by atoms with Crippen molar-refractivity contribution in [3.63, 3.8) is 0 Å². The summed E-state index contributed by atoms with van der Waals surface area (Å²) in [6, 6.07) is 18.2. The fraction of sp³-hybridized carbons (Fsp3) is 0.0500. The van der Waals surface area contributed by atoms with Gasteiger partial charge >= 0.3 is 0 Å². The van der Waals surface area contributed by atoms with Crippen LogP contribution in [0.25, 0.3) is 33.5 Å². The number of rotatable bonds is 3. The summed E-state index contributed by atoms with van der Waals surface area (Å²) in [5.74, 6) is 0.821. The molecular weight excluding hydrogens is 326 g/mol. The largest absolute Gasteiger partial charge is 0.497 e. The fourth-order valence-corrected chi connectivity index (χ4v) is 3.24. The first-order valence-electron chi connectivity index (χ1n) is 8.24. The van der Waals surface area contributed by atoms with Crippen LogP contribution in [0, 0.1) is 0 Å². The molecule has 0 aliphatic carbocycles. The summed E-state index contributed by atoms with van der Waals surface area (Å²) >= 11 is 0. The van der Waals surface area contributed by atoms with E-state index in [4.69, 9.17) is 4.74 Å². The SMILES string of the molecule is COc1ccc(-n2cc(-c3ccccc3)c3c2ncn2cnnc32)cc1. The van der Waals surface area contributed by atoms with Gasteiger partial charge in [0.15, 0.2) is 11.3 Å². The lowest BCUT2D eigenvalue weighted by molar-refractivity contribution is 0.415. The monoisotopic (exact) mass is 341 g/mol. The van der Waals surface area contributed by atoms with Crippen LogP contribution in [-0.4, -0.2) is 31.3 Å². The van der Waals surface area contributed by atoms with Gasteiger partial charge in [-0.25, -0.2) is 4.98 Å². The molecule has 0 bridgehead atoms. The lowest BCUT2D eigenvalue weighted by Crippen LogP contribution is -1.95. The molecular formula is C20H15N5O. The van der Waals surface area contributed by atoms with Gasteiger partial charge in [0.2, 0.25) is 0 Å². The summed E-state index contributed by atoms with van der Waals surface area (Å²) in [7, 11) is 1.66. The minimum Gasteiger partial charge on any atom is -0.497 e. The molecule has 2 aromatic carbocycles. The highest BCUT2D eigenvalue weighted by Crippen LogP contribution is 2.33. The molecule has 0 saturated carbocycles. The van der Waals surface area contributed by atoms with Crippen LogP contribution in [0.3, 0.4) is 0 Å². The maximum Gasteiger partial charge on any atom is 0.173 e. The highest BCUT2D eigenvalue weighted by Gasteiger charge is 2.17. The predicted octanol–water partition coefficient (Wildman–Crippen LogP) is 3.74. The van der Waals surface area contributed by atoms with Crippen LogP contribution in [0.15, 0.2) is 73.4 Å². The lowest BCUT2D eigenvalue weighted by atomic mass is 10.1. The second-order valence-corrected chi connectivity index (χ2v) is 5.98. The van der Waals surface area contributed by atoms with Crippen LogP contribution < -0.4 is 4.74 Å². The molecule has 6 heteroatoms. The standard InChI is InChI=1S/C20H15N5O/c1-26-16-9-7-15(8-10-16)25-11-17(14-5-3-2-4-6-14)18-19(25)21-12-24-13-22-23-20(18)24/h2-13H,1H3. The van der Waals surface area contributed by atoms with Gasteiger partial charge in [-0.3, -0.25) is 4.40 Å². The first-order chi connectivity index (χ1) is 12.8. The van der Waals surface area contributed by atoms with Crippen molar-refractivity contribution in [2.24, 2.45) is 0 Å². The Morgan fingerprint density at radius 1 is 0.885 bits per heavy atom. The van der Waals surface area contributed by atoms with E-state index < -0.39 is 0 Å². The van der Waals surface area contributed by atoms with Crippen LogP contribution in [0.4, 0.5) is 0 Å². The normalized spacial score (nSPS) is 11.3. The number of nitrogens with zero attached hydrogens (tertiary/aromatic N) is 5. The number of benzene rings is 2. The van der Waals surface area contributed by atoms with E-state index in [1.165, 1.54) is 0 Å². The van der Waals surface area contributed by atoms with Gasteiger partial charge in [0.05, 0.1) is 12.5 Å². The third kappa shape index (κ3) is 2.16. The van der Waals surface area contributed by atoms with Gasteiger partial charge in [0, 0.05) is 17.4 Å². The van der Waals surface area contributed by atoms with Crippen LogP contribution in [-0.2, 0) is 0 Å². The molecule has 0 spiro atoms. The molecule has 3 heterocycles. The zero-order valence-corrected chi connectivity index (χ0v) is 14.1. The minimum absolute atomic E-state index is 0.793. The molecule has 0 fully saturated rings. The highest BCUT2D eigenvalue weighted by atomic mass is 16.5. The first-order valence-corrected chi connectivity index (χ1v) is 8.24. The average molecular weight is 341 g/mol. The summed E-state index contributed by atoms with van der Waals surface area (Å²) < 4.78 is 9.18. The first kappa shape index (κ1) is 14.7. The Kier molecular flexibility index (Phi) is 3.21. The number of hydrogen-bond acceptors (Lipinski definition) is 4. The van der Waals surface area contributed by atoms with Crippen molar-refractivity contribution in [2.75, 3.05) is 7.11 Å². The smallest absolute Gasteiger partial charge is 0.173 e. The molecule has 6 nitrogen and oxygen atoms in total. The van der Waals surface area contributed by atoms with Crippen molar-refractivity contribution in [3.8, 4) is 22.6 Å². The topological polar surface area (TPSA) is 57.2 Å². The number of methoxy groups -OCH3 is 1. The molecule has 126 valence electrons. The molecule has 0 atom stereocenters. The number of hydrogen-bond donors (Lipinski definition) is 0. The van der Waals surface area contributed by atoms with Crippen molar-refractivity contribution in [1.82, 2.24) is 24.1 Å². The summed E-state index contributed by atoms with van der Waals surface area (Å²) in [4.78, 5) is 4.66. The highest BCUT2D eigenvalue weighted by molar-refractivity contribution is 6.03. The Morgan fingerprint density at radius 3 is 2.46 bits per heavy atom. The van der Waals surface area contributed by atoms with Crippen molar-refractivity contribution in [2.45, 2.75) is 0 Å². The third-order valence-electron chi connectivity index (χ3n) is 4.52. The zero-order valence-electron chi connectivity index (χ0n) is 14.1. The number of fused-ring (bicyclic) bond motifs is 3. The van der Waals surface area contributed by atoms with Gasteiger partial charge in [0.1, 0.15) is 18.4 Å². The fourth-order valence-electron chi connectivity index (χ4n) is 3.24. The van der Waals surface area contributed by atoms with E-state index >= 15 is 0 Å². The Labute approximate surface area is 149 Å². The van der Waals surface area contributed by atoms with E-state index in [1.54, 1.807) is 19.8 Å². The van der Waals surface area contributed by atoms with Crippen LogP contribution >= 0.6 is 0 Å². The Hall–Kier alpha value is -3.67. The molecule has 0 aliphatic heterocycles. The summed E-state index contributed by atoms with van der Waals surface area (Å²) in [6.45, 7) is 0. The molecule has 5 rings (SSSR count). The summed E-state index contributed by atoms with van der Waals surface area (Å²) in [5, 5.41) is 9.32. The Bertz CT molecular complexity index is 1210. The van der Waals surface area contributed by atoms with E-state index in [0.29, 0.717) is 0 Å². The van der Waals surface area contributed by atoms with E-state index in [1.807, 2.05) is 46.9 Å². The van der Waals surface area contributed by atoms with Gasteiger partial charge in [-0.1, -0.05) is 30.3 Å². The van der Waals surface area contributed by atoms with E-state index in [9.17, 15) is 0 Å². The average Bonchev–Trinajstić information content (AvgIpc) is 3.33. The minimum atomic E-state index is 0.793. The maximum atomic E-state index is 5.27. The van der Waals surface area contributed by atoms with Gasteiger partial charge < -0.3 is 9.30 Å². The molecule has 0 amide bonds. The maximum absolute atomic E-state index is 5.27. The van der Waals surface area contributed by atoms with Gasteiger partial charge in [-0.2, -0.15) is 0 Å². The van der Waals surface area contributed by atoms with Gasteiger partial charge in [-0.15, -0.1) is 10.2 Å². The van der Waals surface area contributed by atoms with Crippen LogP contribution in [0.1, 0.15) is 0 Å². The quantitative estimate of drug-likeness (QED) is 0.501. The number of ether oxygens (including phenoxy) is 1. The van der Waals surface area contributed by atoms with E-state index in [0.717, 1.165) is 39.2 Å². The lowest BCUT2D eigenvalue weighted by Gasteiger charge is -2.06. The second kappa shape index (κ2) is 5.70. The molecule has 0 saturated heterocycles. The molecule has 26 heavy (non-hydrogen) atoms. The molecule has 0 radical (unpaired) electrons. The molecule has 0 aliphatic rings. The summed E-state index contributed by atoms with van der Waals surface area (Å²) in [5.41, 5.74) is 4.83. The van der Waals surface area contributed by atoms with Crippen LogP contribution in [0.2, 0.25) is 0 Å². The zero-order chi connectivity index (χ0) is 17.5. The van der Waals surface area contributed by atoms with Crippen molar-refractivity contribution in [3.05, 3.63) is 73.4 Å². The second-order valence-electron chi connectivity index (χ2n) is 5.98. The van der Waals surface area contributed by atoms with Crippen molar-refractivity contribution < 1.29 is 4.74 Å².